The zero-order chi connectivity index (χ0) is 13.0. The standard InChI is InChI=1S/C13H18N4O/c14-10-11-9-12(1-2-13(11)15)17-5-3-16(4-6-17)7-8-18/h1-2,9,18H,3-8,15H2. The third-order valence-corrected chi connectivity index (χ3v) is 3.31. The van der Waals surface area contributed by atoms with E-state index in [-0.39, 0.29) is 6.61 Å². The van der Waals surface area contributed by atoms with Gasteiger partial charge in [0.1, 0.15) is 6.07 Å². The van der Waals surface area contributed by atoms with E-state index < -0.39 is 0 Å². The van der Waals surface area contributed by atoms with Crippen LogP contribution in [0.4, 0.5) is 11.4 Å². The Bertz CT molecular complexity index is 447. The molecule has 1 aromatic carbocycles. The number of hydrogen-bond donors (Lipinski definition) is 2. The van der Waals surface area contributed by atoms with Gasteiger partial charge in [0, 0.05) is 44.1 Å². The topological polar surface area (TPSA) is 76.5 Å². The monoisotopic (exact) mass is 246 g/mol. The molecule has 96 valence electrons. The molecule has 18 heavy (non-hydrogen) atoms. The quantitative estimate of drug-likeness (QED) is 0.748. The summed E-state index contributed by atoms with van der Waals surface area (Å²) >= 11 is 0. The Morgan fingerprint density at radius 2 is 2.00 bits per heavy atom. The molecule has 0 aliphatic carbocycles. The number of benzene rings is 1. The maximum absolute atomic E-state index is 8.97. The summed E-state index contributed by atoms with van der Waals surface area (Å²) in [5, 5.41) is 17.9. The van der Waals surface area contributed by atoms with Crippen molar-refractivity contribution in [2.45, 2.75) is 0 Å². The molecular formula is C13H18N4O. The molecule has 1 aromatic rings. The molecule has 0 amide bonds. The van der Waals surface area contributed by atoms with Gasteiger partial charge in [-0.1, -0.05) is 0 Å². The molecule has 1 heterocycles. The summed E-state index contributed by atoms with van der Waals surface area (Å²) < 4.78 is 0. The van der Waals surface area contributed by atoms with Crippen molar-refractivity contribution in [1.29, 1.82) is 5.26 Å². The van der Waals surface area contributed by atoms with Gasteiger partial charge in [-0.3, -0.25) is 4.90 Å². The number of piperazine rings is 1. The van der Waals surface area contributed by atoms with E-state index in [9.17, 15) is 0 Å². The predicted molar refractivity (Wildman–Crippen MR) is 71.3 cm³/mol. The number of aliphatic hydroxyl groups excluding tert-OH is 1. The zero-order valence-corrected chi connectivity index (χ0v) is 10.3. The van der Waals surface area contributed by atoms with E-state index in [2.05, 4.69) is 15.9 Å². The van der Waals surface area contributed by atoms with Crippen molar-refractivity contribution in [3.63, 3.8) is 0 Å². The molecule has 0 radical (unpaired) electrons. The van der Waals surface area contributed by atoms with Gasteiger partial charge in [-0.2, -0.15) is 5.26 Å². The molecular weight excluding hydrogens is 228 g/mol. The minimum absolute atomic E-state index is 0.209. The molecule has 0 unspecified atom stereocenters. The molecule has 5 nitrogen and oxygen atoms in total. The molecule has 2 rings (SSSR count). The Hall–Kier alpha value is -1.77. The third-order valence-electron chi connectivity index (χ3n) is 3.31. The summed E-state index contributed by atoms with van der Waals surface area (Å²) in [7, 11) is 0. The molecule has 1 aliphatic heterocycles. The first kappa shape index (κ1) is 12.7. The number of aliphatic hydroxyl groups is 1. The van der Waals surface area contributed by atoms with Crippen molar-refractivity contribution < 1.29 is 5.11 Å². The molecule has 1 fully saturated rings. The van der Waals surface area contributed by atoms with Crippen molar-refractivity contribution >= 4 is 11.4 Å². The van der Waals surface area contributed by atoms with E-state index in [4.69, 9.17) is 16.1 Å². The Morgan fingerprint density at radius 1 is 1.28 bits per heavy atom. The lowest BCUT2D eigenvalue weighted by molar-refractivity contribution is 0.189. The van der Waals surface area contributed by atoms with Crippen molar-refractivity contribution in [1.82, 2.24) is 4.90 Å². The number of nitrogen functional groups attached to an aromatic ring is 1. The Labute approximate surface area is 107 Å². The predicted octanol–water partition coefficient (Wildman–Crippen LogP) is 0.255. The van der Waals surface area contributed by atoms with Gasteiger partial charge in [0.25, 0.3) is 0 Å². The fourth-order valence-electron chi connectivity index (χ4n) is 2.21. The molecule has 0 spiro atoms. The van der Waals surface area contributed by atoms with Crippen LogP contribution in [0, 0.1) is 11.3 Å². The fourth-order valence-corrected chi connectivity index (χ4v) is 2.21. The van der Waals surface area contributed by atoms with Gasteiger partial charge >= 0.3 is 0 Å². The first-order valence-corrected chi connectivity index (χ1v) is 6.12. The van der Waals surface area contributed by atoms with Gasteiger partial charge in [0.2, 0.25) is 0 Å². The highest BCUT2D eigenvalue weighted by Crippen LogP contribution is 2.21. The van der Waals surface area contributed by atoms with Gasteiger partial charge in [-0.15, -0.1) is 0 Å². The van der Waals surface area contributed by atoms with Crippen LogP contribution in [0.1, 0.15) is 5.56 Å². The van der Waals surface area contributed by atoms with Crippen LogP contribution in [0.5, 0.6) is 0 Å². The van der Waals surface area contributed by atoms with E-state index in [0.29, 0.717) is 11.3 Å². The summed E-state index contributed by atoms with van der Waals surface area (Å²) in [5.74, 6) is 0. The number of anilines is 2. The molecule has 1 saturated heterocycles. The molecule has 1 aliphatic rings. The number of nitriles is 1. The molecule has 0 aromatic heterocycles. The second-order valence-electron chi connectivity index (χ2n) is 4.44. The molecule has 3 N–H and O–H groups in total. The van der Waals surface area contributed by atoms with Crippen molar-refractivity contribution in [2.75, 3.05) is 50.0 Å². The van der Waals surface area contributed by atoms with Crippen LogP contribution >= 0.6 is 0 Å². The first-order chi connectivity index (χ1) is 8.74. The van der Waals surface area contributed by atoms with Crippen LogP contribution < -0.4 is 10.6 Å². The fraction of sp³-hybridized carbons (Fsp3) is 0.462. The summed E-state index contributed by atoms with van der Waals surface area (Å²) in [6.45, 7) is 4.64. The van der Waals surface area contributed by atoms with Gasteiger partial charge in [-0.25, -0.2) is 0 Å². The number of β-amino-alcohol motifs (C(OH)–C–C–N with tert-alkyl or cyclic N) is 1. The second kappa shape index (κ2) is 5.71. The Kier molecular flexibility index (Phi) is 4.03. The van der Waals surface area contributed by atoms with Gasteiger partial charge < -0.3 is 15.7 Å². The normalized spacial score (nSPS) is 16.6. The summed E-state index contributed by atoms with van der Waals surface area (Å²) in [4.78, 5) is 4.48. The SMILES string of the molecule is N#Cc1cc(N2CCN(CCO)CC2)ccc1N. The maximum Gasteiger partial charge on any atom is 0.101 e. The third kappa shape index (κ3) is 2.73. The van der Waals surface area contributed by atoms with Crippen molar-refractivity contribution in [3.8, 4) is 6.07 Å². The average Bonchev–Trinajstić information content (AvgIpc) is 2.41. The minimum atomic E-state index is 0.209. The van der Waals surface area contributed by atoms with Crippen LogP contribution in [0.2, 0.25) is 0 Å². The summed E-state index contributed by atoms with van der Waals surface area (Å²) in [6, 6.07) is 7.69. The summed E-state index contributed by atoms with van der Waals surface area (Å²) in [6.07, 6.45) is 0. The van der Waals surface area contributed by atoms with E-state index in [0.717, 1.165) is 38.4 Å². The van der Waals surface area contributed by atoms with Crippen molar-refractivity contribution in [2.24, 2.45) is 0 Å². The Balaban J connectivity index is 2.04. The van der Waals surface area contributed by atoms with E-state index in [1.807, 2.05) is 12.1 Å². The highest BCUT2D eigenvalue weighted by Gasteiger charge is 2.17. The highest BCUT2D eigenvalue weighted by atomic mass is 16.3. The molecule has 0 bridgehead atoms. The van der Waals surface area contributed by atoms with E-state index >= 15 is 0 Å². The highest BCUT2D eigenvalue weighted by molar-refractivity contribution is 5.62. The zero-order valence-electron chi connectivity index (χ0n) is 10.3. The van der Waals surface area contributed by atoms with Crippen LogP contribution in [0.3, 0.4) is 0 Å². The van der Waals surface area contributed by atoms with E-state index in [1.165, 1.54) is 0 Å². The maximum atomic E-state index is 8.97. The van der Waals surface area contributed by atoms with Crippen LogP contribution in [-0.4, -0.2) is 49.3 Å². The van der Waals surface area contributed by atoms with E-state index in [1.54, 1.807) is 6.07 Å². The van der Waals surface area contributed by atoms with Crippen LogP contribution in [-0.2, 0) is 0 Å². The lowest BCUT2D eigenvalue weighted by Crippen LogP contribution is -2.47. The van der Waals surface area contributed by atoms with Crippen LogP contribution in [0.15, 0.2) is 18.2 Å². The summed E-state index contributed by atoms with van der Waals surface area (Å²) in [5.41, 5.74) is 7.82. The number of nitrogens with two attached hydrogens (primary N) is 1. The molecule has 0 saturated carbocycles. The minimum Gasteiger partial charge on any atom is -0.398 e. The number of hydrogen-bond acceptors (Lipinski definition) is 5. The smallest absolute Gasteiger partial charge is 0.101 e. The molecule has 0 atom stereocenters. The van der Waals surface area contributed by atoms with Crippen LogP contribution in [0.25, 0.3) is 0 Å². The largest absolute Gasteiger partial charge is 0.398 e. The second-order valence-corrected chi connectivity index (χ2v) is 4.44. The lowest BCUT2D eigenvalue weighted by Gasteiger charge is -2.35. The van der Waals surface area contributed by atoms with Crippen molar-refractivity contribution in [3.05, 3.63) is 23.8 Å². The van der Waals surface area contributed by atoms with Gasteiger partial charge in [0.15, 0.2) is 0 Å². The van der Waals surface area contributed by atoms with Gasteiger partial charge in [-0.05, 0) is 18.2 Å². The molecule has 5 heteroatoms. The first-order valence-electron chi connectivity index (χ1n) is 6.12. The lowest BCUT2D eigenvalue weighted by atomic mass is 10.1. The Morgan fingerprint density at radius 3 is 2.61 bits per heavy atom. The average molecular weight is 246 g/mol. The number of nitrogens with zero attached hydrogens (tertiary/aromatic N) is 3. The number of rotatable bonds is 3. The van der Waals surface area contributed by atoms with Gasteiger partial charge in [0.05, 0.1) is 12.2 Å².